The van der Waals surface area contributed by atoms with Crippen molar-refractivity contribution in [2.24, 2.45) is 0 Å². The standard InChI is InChI=1S/C15H25N7O/c1-11-18-14(23-19-11)12-8-21(7-6-20(12)5)9-13-16-10-17-22(13)15(2,3)4/h10,12H,6-9H2,1-5H3/t12-/m0/s1. The Morgan fingerprint density at radius 1 is 1.30 bits per heavy atom. The van der Waals surface area contributed by atoms with Gasteiger partial charge in [-0.25, -0.2) is 9.67 Å². The van der Waals surface area contributed by atoms with Gasteiger partial charge in [0.2, 0.25) is 5.89 Å². The van der Waals surface area contributed by atoms with Gasteiger partial charge < -0.3 is 4.52 Å². The Hall–Kier alpha value is -1.80. The Bertz CT molecular complexity index is 657. The molecule has 0 amide bonds. The van der Waals surface area contributed by atoms with E-state index in [-0.39, 0.29) is 11.6 Å². The molecule has 3 heterocycles. The average molecular weight is 319 g/mol. The van der Waals surface area contributed by atoms with E-state index < -0.39 is 0 Å². The zero-order valence-electron chi connectivity index (χ0n) is 14.5. The molecule has 0 saturated carbocycles. The summed E-state index contributed by atoms with van der Waals surface area (Å²) in [6, 6.07) is 0.121. The number of likely N-dealkylation sites (N-methyl/N-ethyl adjacent to an activating group) is 1. The molecule has 23 heavy (non-hydrogen) atoms. The van der Waals surface area contributed by atoms with E-state index in [1.807, 2.05) is 11.6 Å². The number of hydrogen-bond donors (Lipinski definition) is 0. The van der Waals surface area contributed by atoms with Gasteiger partial charge in [0.1, 0.15) is 18.2 Å². The number of piperazine rings is 1. The first-order valence-electron chi connectivity index (χ1n) is 7.97. The molecule has 8 nitrogen and oxygen atoms in total. The third kappa shape index (κ3) is 3.42. The van der Waals surface area contributed by atoms with Gasteiger partial charge in [-0.1, -0.05) is 5.16 Å². The van der Waals surface area contributed by atoms with E-state index in [9.17, 15) is 0 Å². The highest BCUT2D eigenvalue weighted by Crippen LogP contribution is 2.24. The lowest BCUT2D eigenvalue weighted by atomic mass is 10.1. The van der Waals surface area contributed by atoms with Crippen LogP contribution in [0.15, 0.2) is 10.9 Å². The monoisotopic (exact) mass is 319 g/mol. The van der Waals surface area contributed by atoms with E-state index in [1.54, 1.807) is 6.33 Å². The van der Waals surface area contributed by atoms with E-state index in [4.69, 9.17) is 4.52 Å². The van der Waals surface area contributed by atoms with Gasteiger partial charge in [0.05, 0.1) is 12.1 Å². The van der Waals surface area contributed by atoms with E-state index in [2.05, 4.69) is 57.8 Å². The molecule has 1 fully saturated rings. The van der Waals surface area contributed by atoms with Gasteiger partial charge in [0, 0.05) is 19.6 Å². The molecule has 1 atom stereocenters. The highest BCUT2D eigenvalue weighted by molar-refractivity contribution is 4.98. The van der Waals surface area contributed by atoms with Crippen molar-refractivity contribution in [3.8, 4) is 0 Å². The molecule has 0 aromatic carbocycles. The minimum absolute atomic E-state index is 0.0680. The van der Waals surface area contributed by atoms with Gasteiger partial charge in [-0.2, -0.15) is 10.1 Å². The summed E-state index contributed by atoms with van der Waals surface area (Å²) >= 11 is 0. The molecule has 0 bridgehead atoms. The van der Waals surface area contributed by atoms with E-state index >= 15 is 0 Å². The van der Waals surface area contributed by atoms with Crippen molar-refractivity contribution in [2.75, 3.05) is 26.7 Å². The smallest absolute Gasteiger partial charge is 0.245 e. The topological polar surface area (TPSA) is 76.1 Å². The van der Waals surface area contributed by atoms with Crippen LogP contribution in [-0.2, 0) is 12.1 Å². The lowest BCUT2D eigenvalue weighted by Crippen LogP contribution is -2.46. The van der Waals surface area contributed by atoms with E-state index in [1.165, 1.54) is 0 Å². The van der Waals surface area contributed by atoms with Crippen molar-refractivity contribution >= 4 is 0 Å². The Morgan fingerprint density at radius 3 is 2.74 bits per heavy atom. The number of aromatic nitrogens is 5. The van der Waals surface area contributed by atoms with Crippen molar-refractivity contribution in [2.45, 2.75) is 45.8 Å². The van der Waals surface area contributed by atoms with Crippen LogP contribution < -0.4 is 0 Å². The summed E-state index contributed by atoms with van der Waals surface area (Å²) in [6.07, 6.45) is 1.63. The molecule has 1 saturated heterocycles. The molecule has 2 aromatic rings. The second-order valence-corrected chi connectivity index (χ2v) is 7.17. The van der Waals surface area contributed by atoms with Crippen LogP contribution in [-0.4, -0.2) is 61.4 Å². The van der Waals surface area contributed by atoms with Crippen LogP contribution in [0.25, 0.3) is 0 Å². The van der Waals surface area contributed by atoms with Gasteiger partial charge in [-0.3, -0.25) is 9.80 Å². The van der Waals surface area contributed by atoms with Crippen LogP contribution in [0.3, 0.4) is 0 Å². The molecule has 0 aliphatic carbocycles. The van der Waals surface area contributed by atoms with Crippen molar-refractivity contribution in [1.29, 1.82) is 0 Å². The van der Waals surface area contributed by atoms with Crippen LogP contribution in [0, 0.1) is 6.92 Å². The first-order valence-corrected chi connectivity index (χ1v) is 7.97. The summed E-state index contributed by atoms with van der Waals surface area (Å²) < 4.78 is 7.37. The molecule has 3 rings (SSSR count). The molecule has 0 unspecified atom stereocenters. The van der Waals surface area contributed by atoms with Crippen molar-refractivity contribution in [3.05, 3.63) is 23.9 Å². The molecule has 126 valence electrons. The lowest BCUT2D eigenvalue weighted by Gasteiger charge is -2.37. The predicted octanol–water partition coefficient (Wildman–Crippen LogP) is 1.21. The Balaban J connectivity index is 1.73. The molecule has 0 radical (unpaired) electrons. The minimum atomic E-state index is -0.0680. The fraction of sp³-hybridized carbons (Fsp3) is 0.733. The second kappa shape index (κ2) is 6.01. The molecule has 0 spiro atoms. The lowest BCUT2D eigenvalue weighted by molar-refractivity contribution is 0.0680. The summed E-state index contributed by atoms with van der Waals surface area (Å²) in [5.74, 6) is 2.35. The zero-order valence-corrected chi connectivity index (χ0v) is 14.5. The van der Waals surface area contributed by atoms with E-state index in [0.717, 1.165) is 32.0 Å². The molecule has 8 heteroatoms. The number of hydrogen-bond acceptors (Lipinski definition) is 7. The second-order valence-electron chi connectivity index (χ2n) is 7.17. The maximum atomic E-state index is 5.37. The van der Waals surface area contributed by atoms with Gasteiger partial charge in [-0.05, 0) is 34.7 Å². The van der Waals surface area contributed by atoms with Gasteiger partial charge in [0.25, 0.3) is 0 Å². The van der Waals surface area contributed by atoms with Crippen LogP contribution >= 0.6 is 0 Å². The SMILES string of the molecule is Cc1noc([C@@H]2CN(Cc3ncnn3C(C)(C)C)CCN2C)n1. The van der Waals surface area contributed by atoms with Gasteiger partial charge in [0.15, 0.2) is 5.82 Å². The van der Waals surface area contributed by atoms with Crippen LogP contribution in [0.5, 0.6) is 0 Å². The van der Waals surface area contributed by atoms with Crippen LogP contribution in [0.4, 0.5) is 0 Å². The highest BCUT2D eigenvalue weighted by atomic mass is 16.5. The van der Waals surface area contributed by atoms with Crippen LogP contribution in [0.1, 0.15) is 44.4 Å². The van der Waals surface area contributed by atoms with Gasteiger partial charge >= 0.3 is 0 Å². The fourth-order valence-corrected chi connectivity index (χ4v) is 2.92. The number of rotatable bonds is 3. The molecular weight excluding hydrogens is 294 g/mol. The molecule has 1 aliphatic rings. The number of nitrogens with zero attached hydrogens (tertiary/aromatic N) is 7. The van der Waals surface area contributed by atoms with Crippen molar-refractivity contribution in [1.82, 2.24) is 34.7 Å². The molecule has 2 aromatic heterocycles. The van der Waals surface area contributed by atoms with Crippen molar-refractivity contribution < 1.29 is 4.52 Å². The van der Waals surface area contributed by atoms with E-state index in [0.29, 0.717) is 11.7 Å². The molecular formula is C15H25N7O. The summed E-state index contributed by atoms with van der Waals surface area (Å²) in [5, 5.41) is 8.29. The predicted molar refractivity (Wildman–Crippen MR) is 84.7 cm³/mol. The number of aryl methyl sites for hydroxylation is 1. The Morgan fingerprint density at radius 2 is 2.09 bits per heavy atom. The maximum Gasteiger partial charge on any atom is 0.245 e. The summed E-state index contributed by atoms with van der Waals surface area (Å²) in [5.41, 5.74) is -0.0680. The Labute approximate surface area is 136 Å². The minimum Gasteiger partial charge on any atom is -0.338 e. The zero-order chi connectivity index (χ0) is 16.6. The largest absolute Gasteiger partial charge is 0.338 e. The quantitative estimate of drug-likeness (QED) is 0.841. The molecule has 1 aliphatic heterocycles. The summed E-state index contributed by atoms with van der Waals surface area (Å²) in [7, 11) is 2.10. The first kappa shape index (κ1) is 16.1. The van der Waals surface area contributed by atoms with Crippen molar-refractivity contribution in [3.63, 3.8) is 0 Å². The van der Waals surface area contributed by atoms with Crippen LogP contribution in [0.2, 0.25) is 0 Å². The summed E-state index contributed by atoms with van der Waals surface area (Å²) in [6.45, 7) is 11.8. The highest BCUT2D eigenvalue weighted by Gasteiger charge is 2.31. The normalized spacial score (nSPS) is 21.0. The molecule has 0 N–H and O–H groups in total. The first-order chi connectivity index (χ1) is 10.8. The summed E-state index contributed by atoms with van der Waals surface area (Å²) in [4.78, 5) is 13.5. The third-order valence-corrected chi connectivity index (χ3v) is 4.18. The van der Waals surface area contributed by atoms with Gasteiger partial charge in [-0.15, -0.1) is 0 Å². The Kier molecular flexibility index (Phi) is 4.20. The maximum absolute atomic E-state index is 5.37. The average Bonchev–Trinajstić information content (AvgIpc) is 3.09. The third-order valence-electron chi connectivity index (χ3n) is 4.18. The fourth-order valence-electron chi connectivity index (χ4n) is 2.92.